The molecular weight excluding hydrogens is 108 g/mol. The number of nitroso groups, excluding NO2 is 1. The fourth-order valence-corrected chi connectivity index (χ4v) is 0.0956. The lowest BCUT2D eigenvalue weighted by atomic mass is 12.9. The second-order valence-electron chi connectivity index (χ2n) is 0.432. The first kappa shape index (κ1) is 5.51. The molecule has 0 aliphatic rings. The van der Waals surface area contributed by atoms with Crippen molar-refractivity contribution >= 4 is 11.3 Å². The number of nitrogens with one attached hydrogen (secondary N) is 1. The lowest BCUT2D eigenvalue weighted by Crippen LogP contribution is -2.05. The van der Waals surface area contributed by atoms with Gasteiger partial charge in [-0.3, -0.25) is 4.55 Å². The molecular formula is H2N2O3S. The zero-order chi connectivity index (χ0) is 4.99. The fraction of sp³-hybridized carbons (Fsp3) is 0. The summed E-state index contributed by atoms with van der Waals surface area (Å²) in [4.78, 5) is 10.2. The Labute approximate surface area is 36.1 Å². The van der Waals surface area contributed by atoms with Crippen LogP contribution in [0.15, 0.2) is 5.29 Å². The second-order valence-corrected chi connectivity index (χ2v) is 1.11. The van der Waals surface area contributed by atoms with Crippen LogP contribution in [-0.2, 0) is 11.3 Å². The summed E-state index contributed by atoms with van der Waals surface area (Å²) in [5.41, 5.74) is 0. The minimum absolute atomic E-state index is 1.31. The van der Waals surface area contributed by atoms with Gasteiger partial charge in [0.05, 0.1) is 5.29 Å². The van der Waals surface area contributed by atoms with Gasteiger partial charge >= 0.3 is 0 Å². The van der Waals surface area contributed by atoms with Gasteiger partial charge in [-0.05, 0) is 0 Å². The zero-order valence-corrected chi connectivity index (χ0v) is 3.44. The molecule has 0 fully saturated rings. The van der Waals surface area contributed by atoms with Crippen molar-refractivity contribution in [3.63, 3.8) is 0 Å². The van der Waals surface area contributed by atoms with E-state index in [1.54, 1.807) is 0 Å². The summed E-state index contributed by atoms with van der Waals surface area (Å²) >= 11 is -2.29. The van der Waals surface area contributed by atoms with Crippen molar-refractivity contribution in [2.45, 2.75) is 0 Å². The lowest BCUT2D eigenvalue weighted by molar-refractivity contribution is 0.551. The third kappa shape index (κ3) is 3.51. The maximum atomic E-state index is 9.31. The van der Waals surface area contributed by atoms with E-state index in [0.29, 0.717) is 0 Å². The Kier molecular flexibility index (Phi) is 2.51. The van der Waals surface area contributed by atoms with Gasteiger partial charge in [-0.25, -0.2) is 4.21 Å². The van der Waals surface area contributed by atoms with Crippen LogP contribution < -0.4 is 4.83 Å². The average Bonchev–Trinajstić information content (AvgIpc) is 1.35. The molecule has 6 heavy (non-hydrogen) atoms. The summed E-state index contributed by atoms with van der Waals surface area (Å²) in [5.74, 6) is 0. The zero-order valence-electron chi connectivity index (χ0n) is 2.62. The van der Waals surface area contributed by atoms with Gasteiger partial charge in [-0.2, -0.15) is 4.83 Å². The highest BCUT2D eigenvalue weighted by atomic mass is 32.2. The van der Waals surface area contributed by atoms with Gasteiger partial charge in [-0.15, -0.1) is 4.91 Å². The van der Waals surface area contributed by atoms with Crippen LogP contribution >= 0.6 is 0 Å². The predicted molar refractivity (Wildman–Crippen MR) is 19.7 cm³/mol. The second kappa shape index (κ2) is 2.73. The molecule has 6 heteroatoms. The smallest absolute Gasteiger partial charge is 0.278 e. The molecule has 36 valence electrons. The van der Waals surface area contributed by atoms with Gasteiger partial charge in [0.15, 0.2) is 0 Å². The van der Waals surface area contributed by atoms with Crippen LogP contribution in [-0.4, -0.2) is 8.76 Å². The van der Waals surface area contributed by atoms with Crippen molar-refractivity contribution in [1.29, 1.82) is 0 Å². The molecule has 0 aromatic heterocycles. The predicted octanol–water partition coefficient (Wildman–Crippen LogP) is -0.606. The topological polar surface area (TPSA) is 78.8 Å². The molecule has 0 saturated carbocycles. The van der Waals surface area contributed by atoms with Gasteiger partial charge in [0.25, 0.3) is 11.3 Å². The quantitative estimate of drug-likeness (QED) is 0.283. The Morgan fingerprint density at radius 1 is 1.83 bits per heavy atom. The highest BCUT2D eigenvalue weighted by Gasteiger charge is 1.79. The average molecular weight is 110 g/mol. The molecule has 1 unspecified atom stereocenters. The normalized spacial score (nSPS) is 12.8. The Morgan fingerprint density at radius 2 is 2.33 bits per heavy atom. The highest BCUT2D eigenvalue weighted by Crippen LogP contribution is 1.56. The van der Waals surface area contributed by atoms with Crippen molar-refractivity contribution in [3.8, 4) is 0 Å². The van der Waals surface area contributed by atoms with Gasteiger partial charge in [-0.1, -0.05) is 0 Å². The van der Waals surface area contributed by atoms with E-state index >= 15 is 0 Å². The Balaban J connectivity index is 3.05. The third-order valence-corrected chi connectivity index (χ3v) is 0.346. The monoisotopic (exact) mass is 110 g/mol. The van der Waals surface area contributed by atoms with Gasteiger partial charge < -0.3 is 0 Å². The minimum Gasteiger partial charge on any atom is -0.288 e. The van der Waals surface area contributed by atoms with Crippen LogP contribution in [0.3, 0.4) is 0 Å². The maximum absolute atomic E-state index is 9.31. The summed E-state index contributed by atoms with van der Waals surface area (Å²) < 4.78 is 16.9. The van der Waals surface area contributed by atoms with Gasteiger partial charge in [0.1, 0.15) is 0 Å². The van der Waals surface area contributed by atoms with Crippen molar-refractivity contribution in [2.24, 2.45) is 5.29 Å². The fourth-order valence-electron chi connectivity index (χ4n) is 0.0319. The molecule has 1 atom stereocenters. The van der Waals surface area contributed by atoms with Crippen LogP contribution in [0.1, 0.15) is 0 Å². The Morgan fingerprint density at radius 3 is 2.33 bits per heavy atom. The van der Waals surface area contributed by atoms with E-state index in [9.17, 15) is 4.21 Å². The first-order valence-electron chi connectivity index (χ1n) is 0.960. The summed E-state index contributed by atoms with van der Waals surface area (Å²) in [5, 5.41) is 1.89. The molecule has 0 saturated heterocycles. The first-order valence-corrected chi connectivity index (χ1v) is 2.07. The largest absolute Gasteiger partial charge is 0.288 e. The van der Waals surface area contributed by atoms with E-state index in [1.807, 2.05) is 5.29 Å². The maximum Gasteiger partial charge on any atom is 0.278 e. The lowest BCUT2D eigenvalue weighted by Gasteiger charge is -1.77. The number of hydrogen-bond donors (Lipinski definition) is 2. The molecule has 2 N–H and O–H groups in total. The van der Waals surface area contributed by atoms with Crippen LogP contribution in [0.4, 0.5) is 0 Å². The van der Waals surface area contributed by atoms with E-state index in [1.165, 1.54) is 4.83 Å². The van der Waals surface area contributed by atoms with E-state index in [4.69, 9.17) is 9.46 Å². The van der Waals surface area contributed by atoms with Gasteiger partial charge in [0, 0.05) is 0 Å². The van der Waals surface area contributed by atoms with E-state index in [-0.39, 0.29) is 0 Å². The van der Waals surface area contributed by atoms with Crippen LogP contribution in [0.25, 0.3) is 0 Å². The number of hydrogen-bond acceptors (Lipinski definition) is 3. The van der Waals surface area contributed by atoms with E-state index in [0.717, 1.165) is 0 Å². The Hall–Kier alpha value is -0.490. The summed E-state index contributed by atoms with van der Waals surface area (Å²) in [6.45, 7) is 0. The molecule has 0 rings (SSSR count). The van der Waals surface area contributed by atoms with E-state index in [2.05, 4.69) is 0 Å². The molecule has 0 bridgehead atoms. The molecule has 0 radical (unpaired) electrons. The SMILES string of the molecule is O=NNS(=O)O. The first-order chi connectivity index (χ1) is 2.77. The molecule has 0 spiro atoms. The Bertz CT molecular complexity index is 69.2. The van der Waals surface area contributed by atoms with Crippen molar-refractivity contribution in [2.75, 3.05) is 0 Å². The van der Waals surface area contributed by atoms with Crippen LogP contribution in [0.5, 0.6) is 0 Å². The van der Waals surface area contributed by atoms with Crippen molar-refractivity contribution in [3.05, 3.63) is 4.91 Å². The summed E-state index contributed by atoms with van der Waals surface area (Å²) in [6.07, 6.45) is 0. The molecule has 0 heterocycles. The molecule has 0 amide bonds. The summed E-state index contributed by atoms with van der Waals surface area (Å²) in [7, 11) is 0. The van der Waals surface area contributed by atoms with E-state index < -0.39 is 11.3 Å². The van der Waals surface area contributed by atoms with Crippen LogP contribution in [0.2, 0.25) is 0 Å². The molecule has 0 aliphatic carbocycles. The molecule has 0 aromatic carbocycles. The third-order valence-electron chi connectivity index (χ3n) is 0.115. The molecule has 0 aliphatic heterocycles. The molecule has 0 aromatic rings. The molecule has 5 nitrogen and oxygen atoms in total. The highest BCUT2D eigenvalue weighted by molar-refractivity contribution is 7.77. The van der Waals surface area contributed by atoms with Crippen LogP contribution in [0, 0.1) is 4.91 Å². The van der Waals surface area contributed by atoms with Crippen molar-refractivity contribution in [1.82, 2.24) is 4.83 Å². The number of nitrogens with zero attached hydrogens (tertiary/aromatic N) is 1. The minimum atomic E-state index is -2.29. The van der Waals surface area contributed by atoms with Gasteiger partial charge in [0.2, 0.25) is 0 Å². The summed E-state index contributed by atoms with van der Waals surface area (Å²) in [6, 6.07) is 0. The van der Waals surface area contributed by atoms with Crippen molar-refractivity contribution < 1.29 is 8.76 Å². The number of rotatable bonds is 2. The standard InChI is InChI=1S/H2N2O3S/c3-1-2-6(4)5/h(H,2,3)(H,4,5).